The molecule has 4 heteroatoms. The third-order valence-corrected chi connectivity index (χ3v) is 5.44. The Labute approximate surface area is 131 Å². The Morgan fingerprint density at radius 2 is 1.86 bits per heavy atom. The highest BCUT2D eigenvalue weighted by Gasteiger charge is 2.10. The van der Waals surface area contributed by atoms with E-state index < -0.39 is 6.10 Å². The maximum absolute atomic E-state index is 12.8. The smallest absolute Gasteiger partial charge is 0.123 e. The quantitative estimate of drug-likeness (QED) is 0.686. The highest BCUT2D eigenvalue weighted by Crippen LogP contribution is 2.27. The van der Waals surface area contributed by atoms with Crippen LogP contribution in [0.15, 0.2) is 58.8 Å². The third-order valence-electron chi connectivity index (χ3n) is 3.27. The van der Waals surface area contributed by atoms with Gasteiger partial charge >= 0.3 is 0 Å². The molecule has 1 heterocycles. The lowest BCUT2D eigenvalue weighted by Crippen LogP contribution is -2.13. The molecule has 1 unspecified atom stereocenters. The van der Waals surface area contributed by atoms with Crippen LogP contribution in [-0.2, 0) is 6.42 Å². The monoisotopic (exact) mass is 318 g/mol. The van der Waals surface area contributed by atoms with Crippen molar-refractivity contribution >= 4 is 33.2 Å². The minimum Gasteiger partial charge on any atom is -0.392 e. The Hall–Kier alpha value is -1.36. The van der Waals surface area contributed by atoms with Gasteiger partial charge < -0.3 is 5.11 Å². The number of aliphatic hydroxyl groups excluding tert-OH is 1. The number of fused-ring (bicyclic) bond motifs is 1. The molecule has 0 spiro atoms. The molecule has 3 aromatic rings. The van der Waals surface area contributed by atoms with Gasteiger partial charge in [0.2, 0.25) is 0 Å². The summed E-state index contributed by atoms with van der Waals surface area (Å²) in [5.74, 6) is 0.375. The zero-order valence-corrected chi connectivity index (χ0v) is 13.0. The fourth-order valence-electron chi connectivity index (χ4n) is 2.23. The van der Waals surface area contributed by atoms with Gasteiger partial charge in [-0.2, -0.15) is 0 Å². The summed E-state index contributed by atoms with van der Waals surface area (Å²) >= 11 is 3.26. The largest absolute Gasteiger partial charge is 0.392 e. The molecule has 0 radical (unpaired) electrons. The fourth-order valence-corrected chi connectivity index (χ4v) is 4.03. The van der Waals surface area contributed by atoms with Crippen molar-refractivity contribution in [2.75, 3.05) is 5.75 Å². The van der Waals surface area contributed by atoms with Gasteiger partial charge in [-0.15, -0.1) is 23.1 Å². The van der Waals surface area contributed by atoms with Crippen molar-refractivity contribution < 1.29 is 9.50 Å². The number of thioether (sulfide) groups is 1. The van der Waals surface area contributed by atoms with Crippen molar-refractivity contribution in [3.63, 3.8) is 0 Å². The fraction of sp³-hybridized carbons (Fsp3) is 0.176. The Morgan fingerprint density at radius 3 is 2.67 bits per heavy atom. The molecule has 1 N–H and O–H groups in total. The van der Waals surface area contributed by atoms with Gasteiger partial charge in [0.05, 0.1) is 6.10 Å². The Kier molecular flexibility index (Phi) is 4.58. The van der Waals surface area contributed by atoms with Crippen LogP contribution in [0.2, 0.25) is 0 Å². The predicted octanol–water partition coefficient (Wildman–Crippen LogP) is 4.74. The van der Waals surface area contributed by atoms with E-state index in [1.54, 1.807) is 35.2 Å². The second kappa shape index (κ2) is 6.60. The molecule has 1 aromatic heterocycles. The van der Waals surface area contributed by atoms with Crippen LogP contribution in [0.5, 0.6) is 0 Å². The van der Waals surface area contributed by atoms with Crippen molar-refractivity contribution in [2.24, 2.45) is 0 Å². The molecule has 108 valence electrons. The number of thiophene rings is 1. The summed E-state index contributed by atoms with van der Waals surface area (Å²) in [5.41, 5.74) is 1.20. The van der Waals surface area contributed by atoms with Crippen molar-refractivity contribution in [1.82, 2.24) is 0 Å². The molecule has 0 aliphatic heterocycles. The van der Waals surface area contributed by atoms with E-state index in [0.29, 0.717) is 12.2 Å². The summed E-state index contributed by atoms with van der Waals surface area (Å²) in [6.07, 6.45) is 0.246. The molecule has 1 atom stereocenters. The number of hydrogen-bond donors (Lipinski definition) is 1. The van der Waals surface area contributed by atoms with Crippen LogP contribution in [0, 0.1) is 5.82 Å². The first-order valence-corrected chi connectivity index (χ1v) is 8.60. The average Bonchev–Trinajstić information content (AvgIpc) is 2.90. The van der Waals surface area contributed by atoms with Crippen LogP contribution < -0.4 is 0 Å². The van der Waals surface area contributed by atoms with Crippen molar-refractivity contribution in [2.45, 2.75) is 17.4 Å². The van der Waals surface area contributed by atoms with Gasteiger partial charge in [0.1, 0.15) is 5.82 Å². The zero-order chi connectivity index (χ0) is 14.7. The number of rotatable bonds is 5. The summed E-state index contributed by atoms with van der Waals surface area (Å²) in [5, 5.41) is 13.6. The van der Waals surface area contributed by atoms with E-state index >= 15 is 0 Å². The van der Waals surface area contributed by atoms with Crippen molar-refractivity contribution in [3.05, 3.63) is 65.3 Å². The van der Waals surface area contributed by atoms with Crippen molar-refractivity contribution in [1.29, 1.82) is 0 Å². The van der Waals surface area contributed by atoms with E-state index in [0.717, 1.165) is 4.90 Å². The van der Waals surface area contributed by atoms with Crippen LogP contribution in [0.3, 0.4) is 0 Å². The molecule has 0 bridgehead atoms. The number of halogens is 1. The van der Waals surface area contributed by atoms with E-state index in [1.165, 1.54) is 27.8 Å². The maximum atomic E-state index is 12.8. The molecule has 21 heavy (non-hydrogen) atoms. The van der Waals surface area contributed by atoms with Crippen LogP contribution in [-0.4, -0.2) is 17.0 Å². The minimum atomic E-state index is -0.405. The van der Waals surface area contributed by atoms with Gasteiger partial charge in [-0.05, 0) is 46.7 Å². The Morgan fingerprint density at radius 1 is 1.10 bits per heavy atom. The maximum Gasteiger partial charge on any atom is 0.123 e. The zero-order valence-electron chi connectivity index (χ0n) is 11.3. The van der Waals surface area contributed by atoms with Crippen LogP contribution in [0.25, 0.3) is 10.1 Å². The van der Waals surface area contributed by atoms with E-state index in [2.05, 4.69) is 17.5 Å². The second-order valence-electron chi connectivity index (χ2n) is 4.88. The lowest BCUT2D eigenvalue weighted by molar-refractivity contribution is 0.200. The first kappa shape index (κ1) is 14.6. The lowest BCUT2D eigenvalue weighted by atomic mass is 10.1. The predicted molar refractivity (Wildman–Crippen MR) is 88.7 cm³/mol. The average molecular weight is 318 g/mol. The molecule has 0 saturated heterocycles. The van der Waals surface area contributed by atoms with Gasteiger partial charge in [-0.3, -0.25) is 0 Å². The molecule has 1 nitrogen and oxygen atoms in total. The lowest BCUT2D eigenvalue weighted by Gasteiger charge is -2.10. The summed E-state index contributed by atoms with van der Waals surface area (Å²) in [6.45, 7) is 0. The van der Waals surface area contributed by atoms with Gasteiger partial charge in [0, 0.05) is 21.8 Å². The summed E-state index contributed by atoms with van der Waals surface area (Å²) in [4.78, 5) is 0.977. The SMILES string of the molecule is OC(CSc1ccc(F)cc1)Cc1csc2ccccc12. The highest BCUT2D eigenvalue weighted by molar-refractivity contribution is 7.99. The number of aliphatic hydroxyl groups is 1. The van der Waals surface area contributed by atoms with Crippen LogP contribution >= 0.6 is 23.1 Å². The molecular weight excluding hydrogens is 303 g/mol. The number of benzene rings is 2. The molecular formula is C17H15FOS2. The summed E-state index contributed by atoms with van der Waals surface area (Å²) < 4.78 is 14.1. The molecule has 0 amide bonds. The van der Waals surface area contributed by atoms with Gasteiger partial charge in [-0.25, -0.2) is 4.39 Å². The molecule has 0 fully saturated rings. The topological polar surface area (TPSA) is 20.2 Å². The van der Waals surface area contributed by atoms with Crippen LogP contribution in [0.4, 0.5) is 4.39 Å². The van der Waals surface area contributed by atoms with Gasteiger partial charge in [0.15, 0.2) is 0 Å². The first-order valence-electron chi connectivity index (χ1n) is 6.74. The Balaban J connectivity index is 1.61. The van der Waals surface area contributed by atoms with Gasteiger partial charge in [0.25, 0.3) is 0 Å². The van der Waals surface area contributed by atoms with E-state index in [9.17, 15) is 9.50 Å². The van der Waals surface area contributed by atoms with Crippen molar-refractivity contribution in [3.8, 4) is 0 Å². The molecule has 3 rings (SSSR count). The molecule has 0 aliphatic carbocycles. The first-order chi connectivity index (χ1) is 10.2. The molecule has 2 aromatic carbocycles. The Bertz CT molecular complexity index is 721. The standard InChI is InChI=1S/C17H15FOS2/c18-13-5-7-15(8-6-13)20-11-14(19)9-12-10-21-17-4-2-1-3-16(12)17/h1-8,10,14,19H,9,11H2. The molecule has 0 aliphatic rings. The van der Waals surface area contributed by atoms with Gasteiger partial charge in [-0.1, -0.05) is 18.2 Å². The second-order valence-corrected chi connectivity index (χ2v) is 6.88. The minimum absolute atomic E-state index is 0.232. The third kappa shape index (κ3) is 3.64. The normalized spacial score (nSPS) is 12.7. The van der Waals surface area contributed by atoms with E-state index in [-0.39, 0.29) is 5.82 Å². The van der Waals surface area contributed by atoms with E-state index in [1.807, 2.05) is 12.1 Å². The van der Waals surface area contributed by atoms with E-state index in [4.69, 9.17) is 0 Å². The summed E-state index contributed by atoms with van der Waals surface area (Å²) in [7, 11) is 0. The molecule has 0 saturated carbocycles. The number of hydrogen-bond acceptors (Lipinski definition) is 3. The summed E-state index contributed by atoms with van der Waals surface area (Å²) in [6, 6.07) is 14.6. The highest BCUT2D eigenvalue weighted by atomic mass is 32.2. The van der Waals surface area contributed by atoms with Crippen LogP contribution in [0.1, 0.15) is 5.56 Å².